The highest BCUT2D eigenvalue weighted by Gasteiger charge is 2.33. The highest BCUT2D eigenvalue weighted by atomic mass is 32.2. The third-order valence-electron chi connectivity index (χ3n) is 4.19. The van der Waals surface area contributed by atoms with Gasteiger partial charge < -0.3 is 4.90 Å². The zero-order valence-corrected chi connectivity index (χ0v) is 15.4. The van der Waals surface area contributed by atoms with Crippen molar-refractivity contribution in [2.24, 2.45) is 0 Å². The molecule has 0 bridgehead atoms. The van der Waals surface area contributed by atoms with Crippen molar-refractivity contribution in [3.8, 4) is 5.82 Å². The Morgan fingerprint density at radius 3 is 2.19 bits per heavy atom. The van der Waals surface area contributed by atoms with Gasteiger partial charge in [-0.3, -0.25) is 0 Å². The summed E-state index contributed by atoms with van der Waals surface area (Å²) in [5, 5.41) is 12.5. The maximum atomic E-state index is 12.3. The highest BCUT2D eigenvalue weighted by molar-refractivity contribution is 7.89. The summed E-state index contributed by atoms with van der Waals surface area (Å²) in [4.78, 5) is 1.85. The third-order valence-corrected chi connectivity index (χ3v) is 6.07. The lowest BCUT2D eigenvalue weighted by molar-refractivity contribution is -0.130. The van der Waals surface area contributed by atoms with Crippen molar-refractivity contribution >= 4 is 15.8 Å². The number of hydrogen-bond donors (Lipinski definition) is 0. The molecule has 27 heavy (non-hydrogen) atoms. The monoisotopic (exact) mass is 404 g/mol. The number of halogens is 3. The average Bonchev–Trinajstić information content (AvgIpc) is 3.06. The molecule has 148 valence electrons. The van der Waals surface area contributed by atoms with E-state index in [1.165, 1.54) is 0 Å². The molecule has 1 aliphatic rings. The van der Waals surface area contributed by atoms with Gasteiger partial charge in [-0.1, -0.05) is 0 Å². The molecule has 0 radical (unpaired) electrons. The first-order valence-electron chi connectivity index (χ1n) is 8.30. The Bertz CT molecular complexity index is 874. The lowest BCUT2D eigenvalue weighted by Crippen LogP contribution is -2.49. The van der Waals surface area contributed by atoms with Gasteiger partial charge in [0.1, 0.15) is 0 Å². The first-order valence-corrected chi connectivity index (χ1v) is 9.91. The van der Waals surface area contributed by atoms with E-state index in [0.29, 0.717) is 24.7 Å². The van der Waals surface area contributed by atoms with Crippen LogP contribution in [0.3, 0.4) is 0 Å². The van der Waals surface area contributed by atoms with Crippen LogP contribution in [0.25, 0.3) is 5.82 Å². The van der Waals surface area contributed by atoms with Crippen LogP contribution in [0, 0.1) is 6.92 Å². The topological polar surface area (TPSA) is 84.2 Å². The fourth-order valence-corrected chi connectivity index (χ4v) is 4.19. The van der Waals surface area contributed by atoms with Crippen LogP contribution < -0.4 is 4.90 Å². The fraction of sp³-hybridized carbons (Fsp3) is 0.533. The molecule has 1 saturated heterocycles. The fourth-order valence-electron chi connectivity index (χ4n) is 2.72. The normalized spacial score (nSPS) is 16.7. The van der Waals surface area contributed by atoms with Crippen LogP contribution in [-0.2, 0) is 10.0 Å². The minimum Gasteiger partial charge on any atom is -0.352 e. The zero-order valence-electron chi connectivity index (χ0n) is 14.6. The molecule has 0 saturated carbocycles. The molecule has 3 heterocycles. The Balaban J connectivity index is 1.59. The molecule has 0 aromatic carbocycles. The molecule has 0 spiro atoms. The zero-order chi connectivity index (χ0) is 19.7. The van der Waals surface area contributed by atoms with Gasteiger partial charge in [-0.25, -0.2) is 13.1 Å². The molecule has 1 fully saturated rings. The van der Waals surface area contributed by atoms with Crippen molar-refractivity contribution < 1.29 is 21.6 Å². The molecule has 0 atom stereocenters. The Morgan fingerprint density at radius 2 is 1.67 bits per heavy atom. The molecule has 12 heteroatoms. The van der Waals surface area contributed by atoms with Crippen molar-refractivity contribution in [3.05, 3.63) is 30.1 Å². The summed E-state index contributed by atoms with van der Waals surface area (Å²) in [7, 11) is -3.92. The van der Waals surface area contributed by atoms with Crippen molar-refractivity contribution in [3.63, 3.8) is 0 Å². The molecular formula is C15H19F3N6O2S. The molecule has 1 aliphatic heterocycles. The second kappa shape index (κ2) is 7.43. The average molecular weight is 404 g/mol. The van der Waals surface area contributed by atoms with Crippen LogP contribution in [0.4, 0.5) is 19.0 Å². The summed E-state index contributed by atoms with van der Waals surface area (Å²) in [6, 6.07) is 5.35. The van der Waals surface area contributed by atoms with E-state index >= 15 is 0 Å². The molecule has 2 aromatic heterocycles. The Kier molecular flexibility index (Phi) is 5.38. The smallest absolute Gasteiger partial charge is 0.352 e. The minimum absolute atomic E-state index is 0.113. The number of rotatable bonds is 5. The van der Waals surface area contributed by atoms with E-state index in [-0.39, 0.29) is 13.1 Å². The van der Waals surface area contributed by atoms with Gasteiger partial charge in [0, 0.05) is 32.4 Å². The standard InChI is InChI=1S/C15H19F3N6O2S/c1-12-4-6-24(21-12)14-3-2-13(19-20-14)22-7-9-23(10-8-22)27(25,26)11-5-15(16,17)18/h2-4,6H,5,7-11H2,1H3. The SMILES string of the molecule is Cc1ccn(-c2ccc(N3CCN(S(=O)(=O)CCC(F)(F)F)CC3)nn2)n1. The number of aryl methyl sites for hydroxylation is 1. The first-order chi connectivity index (χ1) is 12.6. The van der Waals surface area contributed by atoms with E-state index < -0.39 is 28.4 Å². The molecule has 0 N–H and O–H groups in total. The number of piperazine rings is 1. The quantitative estimate of drug-likeness (QED) is 0.749. The summed E-state index contributed by atoms with van der Waals surface area (Å²) in [6.45, 7) is 2.75. The number of hydrogen-bond acceptors (Lipinski definition) is 6. The minimum atomic E-state index is -4.49. The maximum absolute atomic E-state index is 12.3. The van der Waals surface area contributed by atoms with Gasteiger partial charge in [0.05, 0.1) is 17.9 Å². The summed E-state index contributed by atoms with van der Waals surface area (Å²) in [5.74, 6) is 0.212. The number of aromatic nitrogens is 4. The summed E-state index contributed by atoms with van der Waals surface area (Å²) in [6.07, 6.45) is -4.06. The number of anilines is 1. The molecule has 3 rings (SSSR count). The second-order valence-electron chi connectivity index (χ2n) is 6.22. The molecule has 0 unspecified atom stereocenters. The van der Waals surface area contributed by atoms with Crippen LogP contribution in [0.2, 0.25) is 0 Å². The van der Waals surface area contributed by atoms with Crippen LogP contribution in [0.5, 0.6) is 0 Å². The lowest BCUT2D eigenvalue weighted by atomic mass is 10.3. The Hall–Kier alpha value is -2.21. The van der Waals surface area contributed by atoms with E-state index in [1.807, 2.05) is 17.9 Å². The number of alkyl halides is 3. The summed E-state index contributed by atoms with van der Waals surface area (Å²) < 4.78 is 63.6. The van der Waals surface area contributed by atoms with Gasteiger partial charge in [-0.15, -0.1) is 10.2 Å². The van der Waals surface area contributed by atoms with E-state index in [0.717, 1.165) is 10.00 Å². The van der Waals surface area contributed by atoms with Gasteiger partial charge in [-0.05, 0) is 25.1 Å². The lowest BCUT2D eigenvalue weighted by Gasteiger charge is -2.34. The van der Waals surface area contributed by atoms with Crippen molar-refractivity contribution in [2.45, 2.75) is 19.5 Å². The molecule has 0 amide bonds. The predicted octanol–water partition coefficient (Wildman–Crippen LogP) is 1.37. The maximum Gasteiger partial charge on any atom is 0.390 e. The number of sulfonamides is 1. The molecule has 0 aliphatic carbocycles. The first kappa shape index (κ1) is 19.5. The van der Waals surface area contributed by atoms with E-state index in [4.69, 9.17) is 0 Å². The van der Waals surface area contributed by atoms with Crippen molar-refractivity contribution in [2.75, 3.05) is 36.8 Å². The van der Waals surface area contributed by atoms with Gasteiger partial charge in [-0.2, -0.15) is 22.6 Å². The second-order valence-corrected chi connectivity index (χ2v) is 8.31. The highest BCUT2D eigenvalue weighted by Crippen LogP contribution is 2.22. The van der Waals surface area contributed by atoms with Crippen LogP contribution in [-0.4, -0.2) is 70.8 Å². The Labute approximate surface area is 154 Å². The molecule has 2 aromatic rings. The van der Waals surface area contributed by atoms with E-state index in [2.05, 4.69) is 15.3 Å². The van der Waals surface area contributed by atoms with Crippen molar-refractivity contribution in [1.29, 1.82) is 0 Å². The molecule has 8 nitrogen and oxygen atoms in total. The van der Waals surface area contributed by atoms with E-state index in [1.54, 1.807) is 23.0 Å². The van der Waals surface area contributed by atoms with Gasteiger partial charge in [0.25, 0.3) is 0 Å². The molecular weight excluding hydrogens is 385 g/mol. The van der Waals surface area contributed by atoms with Crippen LogP contribution >= 0.6 is 0 Å². The van der Waals surface area contributed by atoms with Gasteiger partial charge in [0.2, 0.25) is 10.0 Å². The third kappa shape index (κ3) is 4.95. The number of nitrogens with zero attached hydrogens (tertiary/aromatic N) is 6. The summed E-state index contributed by atoms with van der Waals surface area (Å²) in [5.41, 5.74) is 0.851. The Morgan fingerprint density at radius 1 is 1.04 bits per heavy atom. The predicted molar refractivity (Wildman–Crippen MR) is 92.1 cm³/mol. The largest absolute Gasteiger partial charge is 0.390 e. The summed E-state index contributed by atoms with van der Waals surface area (Å²) >= 11 is 0. The van der Waals surface area contributed by atoms with Gasteiger partial charge >= 0.3 is 6.18 Å². The van der Waals surface area contributed by atoms with Crippen molar-refractivity contribution in [1.82, 2.24) is 24.3 Å². The van der Waals surface area contributed by atoms with Crippen LogP contribution in [0.1, 0.15) is 12.1 Å². The van der Waals surface area contributed by atoms with E-state index in [9.17, 15) is 21.6 Å². The van der Waals surface area contributed by atoms with Crippen LogP contribution in [0.15, 0.2) is 24.4 Å². The van der Waals surface area contributed by atoms with Gasteiger partial charge in [0.15, 0.2) is 11.6 Å².